The van der Waals surface area contributed by atoms with Crippen LogP contribution in [0.15, 0.2) is 12.4 Å². The molecule has 0 radical (unpaired) electrons. The van der Waals surface area contributed by atoms with Crippen LogP contribution in [0.25, 0.3) is 0 Å². The molecule has 4 rings (SSSR count). The van der Waals surface area contributed by atoms with E-state index in [1.165, 1.54) is 0 Å². The van der Waals surface area contributed by atoms with E-state index in [0.717, 1.165) is 25.9 Å². The molecule has 3 heterocycles. The van der Waals surface area contributed by atoms with Gasteiger partial charge in [-0.1, -0.05) is 0 Å². The highest BCUT2D eigenvalue weighted by atomic mass is 16.5. The summed E-state index contributed by atoms with van der Waals surface area (Å²) >= 11 is 0. The van der Waals surface area contributed by atoms with Crippen LogP contribution in [-0.2, 0) is 9.47 Å². The Morgan fingerprint density at radius 2 is 1.93 bits per heavy atom. The van der Waals surface area contributed by atoms with E-state index in [1.807, 2.05) is 11.8 Å². The van der Waals surface area contributed by atoms with E-state index in [0.29, 0.717) is 50.8 Å². The highest BCUT2D eigenvalue weighted by molar-refractivity contribution is 5.93. The third-order valence-corrected chi connectivity index (χ3v) is 6.27. The minimum Gasteiger partial charge on any atom is -0.392 e. The molecule has 1 aromatic rings. The van der Waals surface area contributed by atoms with Crippen molar-refractivity contribution in [3.05, 3.63) is 18.0 Å². The Hall–Kier alpha value is -1.77. The van der Waals surface area contributed by atoms with E-state index >= 15 is 0 Å². The first-order valence-corrected chi connectivity index (χ1v) is 9.88. The topological polar surface area (TPSA) is 88.0 Å². The zero-order valence-electron chi connectivity index (χ0n) is 15.8. The summed E-state index contributed by atoms with van der Waals surface area (Å²) in [7, 11) is 0. The van der Waals surface area contributed by atoms with E-state index < -0.39 is 0 Å². The maximum atomic E-state index is 12.8. The van der Waals surface area contributed by atoms with Crippen LogP contribution in [0.2, 0.25) is 0 Å². The maximum absolute atomic E-state index is 12.8. The average molecular weight is 376 g/mol. The molecular weight excluding hydrogens is 348 g/mol. The summed E-state index contributed by atoms with van der Waals surface area (Å²) in [4.78, 5) is 25.5. The molecule has 2 aliphatic heterocycles. The zero-order chi connectivity index (χ0) is 18.9. The molecule has 2 atom stereocenters. The number of likely N-dealkylation sites (tertiary alicyclic amines) is 1. The van der Waals surface area contributed by atoms with Crippen molar-refractivity contribution in [3.63, 3.8) is 0 Å². The van der Waals surface area contributed by atoms with Crippen LogP contribution in [-0.4, -0.2) is 84.1 Å². The second kappa shape index (κ2) is 7.69. The lowest BCUT2D eigenvalue weighted by molar-refractivity contribution is -0.207. The van der Waals surface area contributed by atoms with E-state index in [4.69, 9.17) is 9.47 Å². The molecule has 2 saturated heterocycles. The van der Waals surface area contributed by atoms with Crippen molar-refractivity contribution in [3.8, 4) is 0 Å². The minimum atomic E-state index is -0.317. The van der Waals surface area contributed by atoms with Gasteiger partial charge in [-0.2, -0.15) is 0 Å². The number of rotatable bonds is 4. The Labute approximate surface area is 159 Å². The number of nitrogens with zero attached hydrogens (tertiary/aromatic N) is 4. The second-order valence-electron chi connectivity index (χ2n) is 7.59. The number of hydrogen-bond donors (Lipinski definition) is 1. The summed E-state index contributed by atoms with van der Waals surface area (Å²) in [6.07, 6.45) is 5.29. The van der Waals surface area contributed by atoms with Crippen LogP contribution in [0.4, 0.5) is 5.95 Å². The first-order chi connectivity index (χ1) is 13.1. The lowest BCUT2D eigenvalue weighted by Gasteiger charge is -2.56. The average Bonchev–Trinajstić information content (AvgIpc) is 2.74. The van der Waals surface area contributed by atoms with Crippen molar-refractivity contribution in [2.24, 2.45) is 5.41 Å². The molecule has 8 heteroatoms. The third-order valence-electron chi connectivity index (χ3n) is 6.27. The van der Waals surface area contributed by atoms with Crippen LogP contribution < -0.4 is 4.90 Å². The molecule has 3 fully saturated rings. The molecular formula is C19H28N4O4. The number of ether oxygens (including phenoxy) is 2. The van der Waals surface area contributed by atoms with Gasteiger partial charge in [0.05, 0.1) is 31.0 Å². The Kier molecular flexibility index (Phi) is 5.29. The number of aliphatic hydroxyl groups excluding tert-OH is 1. The lowest BCUT2D eigenvalue weighted by Crippen LogP contribution is -2.62. The molecule has 3 aliphatic rings. The predicted octanol–water partition coefficient (Wildman–Crippen LogP) is 0.705. The predicted molar refractivity (Wildman–Crippen MR) is 98.7 cm³/mol. The quantitative estimate of drug-likeness (QED) is 0.828. The van der Waals surface area contributed by atoms with E-state index in [2.05, 4.69) is 14.9 Å². The molecule has 1 saturated carbocycles. The largest absolute Gasteiger partial charge is 0.392 e. The number of carbonyl (C=O) groups is 1. The number of aromatic nitrogens is 2. The van der Waals surface area contributed by atoms with Gasteiger partial charge in [-0.25, -0.2) is 9.97 Å². The summed E-state index contributed by atoms with van der Waals surface area (Å²) in [5.74, 6) is 0.602. The normalized spacial score (nSPS) is 27.5. The molecule has 1 aromatic heterocycles. The van der Waals surface area contributed by atoms with Crippen molar-refractivity contribution >= 4 is 11.9 Å². The summed E-state index contributed by atoms with van der Waals surface area (Å²) in [5.41, 5.74) is 0.335. The van der Waals surface area contributed by atoms with Crippen LogP contribution >= 0.6 is 0 Å². The van der Waals surface area contributed by atoms with Gasteiger partial charge < -0.3 is 24.4 Å². The SMILES string of the molecule is CCO[C@@H]1C[C@H](O)C12CCN(C(=O)c1cnc(N3CCOCC3)nc1)CC2. The van der Waals surface area contributed by atoms with Gasteiger partial charge >= 0.3 is 0 Å². The lowest BCUT2D eigenvalue weighted by atomic mass is 9.58. The Balaban J connectivity index is 1.36. The molecule has 1 amide bonds. The number of aliphatic hydroxyl groups is 1. The number of carbonyl (C=O) groups excluding carboxylic acids is 1. The molecule has 1 aliphatic carbocycles. The highest BCUT2D eigenvalue weighted by Gasteiger charge is 2.56. The van der Waals surface area contributed by atoms with E-state index in [1.54, 1.807) is 12.4 Å². The molecule has 0 aromatic carbocycles. The monoisotopic (exact) mass is 376 g/mol. The van der Waals surface area contributed by atoms with Crippen molar-refractivity contribution in [1.82, 2.24) is 14.9 Å². The molecule has 1 spiro atoms. The summed E-state index contributed by atoms with van der Waals surface area (Å²) in [5, 5.41) is 10.3. The fraction of sp³-hybridized carbons (Fsp3) is 0.737. The number of morpholine rings is 1. The van der Waals surface area contributed by atoms with E-state index in [9.17, 15) is 9.90 Å². The Morgan fingerprint density at radius 3 is 2.52 bits per heavy atom. The number of piperidine rings is 1. The second-order valence-corrected chi connectivity index (χ2v) is 7.59. The highest BCUT2D eigenvalue weighted by Crippen LogP contribution is 2.51. The zero-order valence-corrected chi connectivity index (χ0v) is 15.8. The Morgan fingerprint density at radius 1 is 1.26 bits per heavy atom. The van der Waals surface area contributed by atoms with Gasteiger partial charge in [0.25, 0.3) is 5.91 Å². The molecule has 27 heavy (non-hydrogen) atoms. The van der Waals surface area contributed by atoms with Gasteiger partial charge in [-0.05, 0) is 19.8 Å². The van der Waals surface area contributed by atoms with Crippen LogP contribution in [0.5, 0.6) is 0 Å². The number of hydrogen-bond acceptors (Lipinski definition) is 7. The van der Waals surface area contributed by atoms with Crippen LogP contribution in [0.1, 0.15) is 36.5 Å². The van der Waals surface area contributed by atoms with Gasteiger partial charge in [0.2, 0.25) is 5.95 Å². The standard InChI is InChI=1S/C19H28N4O4/c1-2-27-16-11-15(24)19(16)3-5-22(6-4-19)17(25)14-12-20-18(21-13-14)23-7-9-26-10-8-23/h12-13,15-16,24H,2-11H2,1H3/t15-,16+/m0/s1. The fourth-order valence-corrected chi connectivity index (χ4v) is 4.48. The van der Waals surface area contributed by atoms with Crippen LogP contribution in [0, 0.1) is 5.41 Å². The number of amides is 1. The van der Waals surface area contributed by atoms with Crippen molar-refractivity contribution in [1.29, 1.82) is 0 Å². The van der Waals surface area contributed by atoms with E-state index in [-0.39, 0.29) is 23.5 Å². The Bertz CT molecular complexity index is 652. The van der Waals surface area contributed by atoms with Gasteiger partial charge in [0.1, 0.15) is 0 Å². The molecule has 0 unspecified atom stereocenters. The first kappa shape index (κ1) is 18.6. The molecule has 148 valence electrons. The third kappa shape index (κ3) is 3.41. The summed E-state index contributed by atoms with van der Waals surface area (Å²) < 4.78 is 11.1. The minimum absolute atomic E-state index is 0.0415. The number of anilines is 1. The van der Waals surface area contributed by atoms with Gasteiger partial charge in [-0.15, -0.1) is 0 Å². The first-order valence-electron chi connectivity index (χ1n) is 9.88. The smallest absolute Gasteiger partial charge is 0.256 e. The van der Waals surface area contributed by atoms with Gasteiger partial charge in [-0.3, -0.25) is 4.79 Å². The fourth-order valence-electron chi connectivity index (χ4n) is 4.48. The summed E-state index contributed by atoms with van der Waals surface area (Å²) in [6, 6.07) is 0. The maximum Gasteiger partial charge on any atom is 0.256 e. The van der Waals surface area contributed by atoms with Crippen molar-refractivity contribution in [2.45, 2.75) is 38.4 Å². The van der Waals surface area contributed by atoms with Crippen molar-refractivity contribution in [2.75, 3.05) is 50.9 Å². The van der Waals surface area contributed by atoms with Gasteiger partial charge in [0, 0.05) is 57.0 Å². The molecule has 1 N–H and O–H groups in total. The molecule has 8 nitrogen and oxygen atoms in total. The van der Waals surface area contributed by atoms with Crippen LogP contribution in [0.3, 0.4) is 0 Å². The van der Waals surface area contributed by atoms with Gasteiger partial charge in [0.15, 0.2) is 0 Å². The summed E-state index contributed by atoms with van der Waals surface area (Å²) in [6.45, 7) is 6.79. The molecule has 0 bridgehead atoms. The van der Waals surface area contributed by atoms with Crippen molar-refractivity contribution < 1.29 is 19.4 Å².